The fraction of sp³-hybridized carbons (Fsp3) is 1.00. The molecule has 0 aromatic heterocycles. The van der Waals surface area contributed by atoms with E-state index in [1.807, 2.05) is 20.8 Å². The van der Waals surface area contributed by atoms with E-state index in [1.54, 1.807) is 0 Å². The van der Waals surface area contributed by atoms with Gasteiger partial charge in [0, 0.05) is 5.92 Å². The Morgan fingerprint density at radius 3 is 2.31 bits per heavy atom. The first kappa shape index (κ1) is 9.44. The SMILES string of the molecule is CC1(C)OC2(C)CCC1[C@H](O)[C@H]2O. The smallest absolute Gasteiger partial charge is 0.109 e. The minimum Gasteiger partial charge on any atom is -0.390 e. The molecule has 3 aliphatic rings. The van der Waals surface area contributed by atoms with Crippen molar-refractivity contribution in [3.05, 3.63) is 0 Å². The molecular formula is C10H18O3. The van der Waals surface area contributed by atoms with Crippen LogP contribution in [-0.4, -0.2) is 33.6 Å². The molecule has 3 fully saturated rings. The van der Waals surface area contributed by atoms with Gasteiger partial charge in [0.1, 0.15) is 6.10 Å². The third-order valence-electron chi connectivity index (χ3n) is 3.70. The second kappa shape index (κ2) is 2.47. The zero-order valence-corrected chi connectivity index (χ0v) is 8.45. The predicted molar refractivity (Wildman–Crippen MR) is 48.3 cm³/mol. The molecule has 1 saturated carbocycles. The van der Waals surface area contributed by atoms with E-state index in [4.69, 9.17) is 4.74 Å². The molecule has 0 spiro atoms. The van der Waals surface area contributed by atoms with E-state index in [0.717, 1.165) is 12.8 Å². The summed E-state index contributed by atoms with van der Waals surface area (Å²) in [4.78, 5) is 0. The van der Waals surface area contributed by atoms with Crippen LogP contribution in [0.2, 0.25) is 0 Å². The van der Waals surface area contributed by atoms with Crippen molar-refractivity contribution in [2.45, 2.75) is 57.0 Å². The first-order chi connectivity index (χ1) is 5.87. The molecule has 1 aliphatic carbocycles. The Morgan fingerprint density at radius 1 is 1.23 bits per heavy atom. The van der Waals surface area contributed by atoms with Crippen molar-refractivity contribution in [1.29, 1.82) is 0 Å². The topological polar surface area (TPSA) is 49.7 Å². The van der Waals surface area contributed by atoms with Gasteiger partial charge < -0.3 is 14.9 Å². The van der Waals surface area contributed by atoms with E-state index >= 15 is 0 Å². The second-order valence-corrected chi connectivity index (χ2v) is 5.10. The van der Waals surface area contributed by atoms with Gasteiger partial charge in [-0.1, -0.05) is 0 Å². The minimum absolute atomic E-state index is 0.0734. The molecule has 0 radical (unpaired) electrons. The molecule has 0 aromatic rings. The zero-order chi connectivity index (χ0) is 9.85. The van der Waals surface area contributed by atoms with Crippen molar-refractivity contribution in [3.63, 3.8) is 0 Å². The van der Waals surface area contributed by atoms with E-state index in [1.165, 1.54) is 0 Å². The van der Waals surface area contributed by atoms with Gasteiger partial charge in [-0.2, -0.15) is 0 Å². The maximum Gasteiger partial charge on any atom is 0.109 e. The van der Waals surface area contributed by atoms with Gasteiger partial charge in [-0.25, -0.2) is 0 Å². The van der Waals surface area contributed by atoms with Crippen molar-refractivity contribution in [2.75, 3.05) is 0 Å². The van der Waals surface area contributed by atoms with Crippen LogP contribution in [0.1, 0.15) is 33.6 Å². The molecule has 76 valence electrons. The summed E-state index contributed by atoms with van der Waals surface area (Å²) in [5, 5.41) is 19.6. The highest BCUT2D eigenvalue weighted by atomic mass is 16.5. The fourth-order valence-corrected chi connectivity index (χ4v) is 2.89. The third-order valence-corrected chi connectivity index (χ3v) is 3.70. The van der Waals surface area contributed by atoms with Crippen molar-refractivity contribution in [3.8, 4) is 0 Å². The monoisotopic (exact) mass is 186 g/mol. The van der Waals surface area contributed by atoms with Gasteiger partial charge >= 0.3 is 0 Å². The third kappa shape index (κ3) is 1.14. The van der Waals surface area contributed by atoms with Crippen LogP contribution < -0.4 is 0 Å². The van der Waals surface area contributed by atoms with Gasteiger partial charge in [-0.05, 0) is 33.6 Å². The number of aliphatic hydroxyl groups is 2. The standard InChI is InChI=1S/C10H18O3/c1-9(2)6-4-5-10(3,13-9)8(12)7(6)11/h6-8,11-12H,4-5H2,1-3H3/t6?,7-,8+,10?/m0/s1. The molecule has 2 aliphatic heterocycles. The number of rotatable bonds is 0. The van der Waals surface area contributed by atoms with Gasteiger partial charge in [0.15, 0.2) is 0 Å². The van der Waals surface area contributed by atoms with Crippen LogP contribution in [0.15, 0.2) is 0 Å². The molecule has 3 nitrogen and oxygen atoms in total. The van der Waals surface area contributed by atoms with Gasteiger partial charge in [-0.3, -0.25) is 0 Å². The highest BCUT2D eigenvalue weighted by molar-refractivity contribution is 5.07. The van der Waals surface area contributed by atoms with Gasteiger partial charge in [0.2, 0.25) is 0 Å². The molecular weight excluding hydrogens is 168 g/mol. The molecule has 13 heavy (non-hydrogen) atoms. The first-order valence-electron chi connectivity index (χ1n) is 4.93. The number of ether oxygens (including phenoxy) is 1. The van der Waals surface area contributed by atoms with Crippen LogP contribution in [0.5, 0.6) is 0 Å². The molecule has 2 heterocycles. The first-order valence-corrected chi connectivity index (χ1v) is 4.93. The molecule has 2 saturated heterocycles. The maximum atomic E-state index is 9.84. The van der Waals surface area contributed by atoms with E-state index in [9.17, 15) is 10.2 Å². The van der Waals surface area contributed by atoms with Crippen LogP contribution >= 0.6 is 0 Å². The summed E-state index contributed by atoms with van der Waals surface area (Å²) in [6.45, 7) is 5.87. The summed E-state index contributed by atoms with van der Waals surface area (Å²) in [6.07, 6.45) is 0.447. The molecule has 0 amide bonds. The molecule has 3 heteroatoms. The Balaban J connectivity index is 2.34. The number of fused-ring (bicyclic) bond motifs is 3. The lowest BCUT2D eigenvalue weighted by molar-refractivity contribution is -0.309. The Hall–Kier alpha value is -0.120. The number of aliphatic hydroxyl groups excluding tert-OH is 2. The Kier molecular flexibility index (Phi) is 1.79. The summed E-state index contributed by atoms with van der Waals surface area (Å²) in [5.74, 6) is 0.0734. The average Bonchev–Trinajstić information content (AvgIpc) is 1.97. The lowest BCUT2D eigenvalue weighted by atomic mass is 9.65. The van der Waals surface area contributed by atoms with Crippen molar-refractivity contribution in [1.82, 2.24) is 0 Å². The second-order valence-electron chi connectivity index (χ2n) is 5.10. The van der Waals surface area contributed by atoms with E-state index in [2.05, 4.69) is 0 Å². The fourth-order valence-electron chi connectivity index (χ4n) is 2.89. The minimum atomic E-state index is -0.723. The lowest BCUT2D eigenvalue weighted by Gasteiger charge is -2.58. The molecule has 2 N–H and O–H groups in total. The van der Waals surface area contributed by atoms with Crippen molar-refractivity contribution >= 4 is 0 Å². The van der Waals surface area contributed by atoms with Crippen LogP contribution in [0, 0.1) is 5.92 Å². The van der Waals surface area contributed by atoms with Crippen LogP contribution in [0.4, 0.5) is 0 Å². The summed E-state index contributed by atoms with van der Waals surface area (Å²) in [6, 6.07) is 0. The van der Waals surface area contributed by atoms with Crippen LogP contribution in [-0.2, 0) is 4.74 Å². The molecule has 4 atom stereocenters. The Bertz CT molecular complexity index is 226. The number of hydrogen-bond donors (Lipinski definition) is 2. The Labute approximate surface area is 78.7 Å². The van der Waals surface area contributed by atoms with Gasteiger partial charge in [0.05, 0.1) is 17.3 Å². The highest BCUT2D eigenvalue weighted by Crippen LogP contribution is 2.49. The van der Waals surface area contributed by atoms with Gasteiger partial charge in [-0.15, -0.1) is 0 Å². The normalized spacial score (nSPS) is 53.8. The van der Waals surface area contributed by atoms with Gasteiger partial charge in [0.25, 0.3) is 0 Å². The summed E-state index contributed by atoms with van der Waals surface area (Å²) >= 11 is 0. The summed E-state index contributed by atoms with van der Waals surface area (Å²) in [7, 11) is 0. The average molecular weight is 186 g/mol. The lowest BCUT2D eigenvalue weighted by Crippen LogP contribution is -2.68. The van der Waals surface area contributed by atoms with Crippen LogP contribution in [0.3, 0.4) is 0 Å². The van der Waals surface area contributed by atoms with Crippen molar-refractivity contribution < 1.29 is 14.9 Å². The molecule has 0 aromatic carbocycles. The molecule has 2 unspecified atom stereocenters. The van der Waals surface area contributed by atoms with E-state index in [-0.39, 0.29) is 11.5 Å². The zero-order valence-electron chi connectivity index (χ0n) is 8.45. The predicted octanol–water partition coefficient (Wildman–Crippen LogP) is 0.686. The summed E-state index contributed by atoms with van der Waals surface area (Å²) < 4.78 is 5.83. The molecule has 3 rings (SSSR count). The summed E-state index contributed by atoms with van der Waals surface area (Å²) in [5.41, 5.74) is -0.844. The van der Waals surface area contributed by atoms with E-state index < -0.39 is 17.8 Å². The highest BCUT2D eigenvalue weighted by Gasteiger charge is 2.58. The Morgan fingerprint density at radius 2 is 1.85 bits per heavy atom. The number of hydrogen-bond acceptors (Lipinski definition) is 3. The molecule has 2 bridgehead atoms. The van der Waals surface area contributed by atoms with E-state index in [0.29, 0.717) is 0 Å². The maximum absolute atomic E-state index is 9.84. The van der Waals surface area contributed by atoms with Crippen LogP contribution in [0.25, 0.3) is 0 Å². The largest absolute Gasteiger partial charge is 0.390 e. The quantitative estimate of drug-likeness (QED) is 0.585. The van der Waals surface area contributed by atoms with Crippen molar-refractivity contribution in [2.24, 2.45) is 5.92 Å².